The summed E-state index contributed by atoms with van der Waals surface area (Å²) in [6.07, 6.45) is -4.46. The third-order valence-electron chi connectivity index (χ3n) is 4.30. The lowest BCUT2D eigenvalue weighted by atomic mass is 10.0. The SMILES string of the molecule is Cc1cc2cc(CNc3cc(C(F)(F)F)ccc3Cl)c(=O)[nH]c2cc1C. The molecule has 0 fully saturated rings. The first-order valence-electron chi connectivity index (χ1n) is 7.89. The maximum Gasteiger partial charge on any atom is 0.416 e. The van der Waals surface area contributed by atoms with Crippen molar-refractivity contribution in [2.24, 2.45) is 0 Å². The van der Waals surface area contributed by atoms with E-state index in [1.165, 1.54) is 6.07 Å². The van der Waals surface area contributed by atoms with Crippen molar-refractivity contribution in [1.29, 1.82) is 0 Å². The molecule has 0 unspecified atom stereocenters. The maximum absolute atomic E-state index is 12.8. The van der Waals surface area contributed by atoms with E-state index >= 15 is 0 Å². The predicted octanol–water partition coefficient (Wildman–Crippen LogP) is 5.43. The van der Waals surface area contributed by atoms with E-state index in [2.05, 4.69) is 10.3 Å². The zero-order valence-corrected chi connectivity index (χ0v) is 14.8. The van der Waals surface area contributed by atoms with Crippen molar-refractivity contribution in [3.05, 3.63) is 74.0 Å². The molecule has 2 aromatic carbocycles. The number of aryl methyl sites for hydroxylation is 2. The zero-order chi connectivity index (χ0) is 19.1. The lowest BCUT2D eigenvalue weighted by molar-refractivity contribution is -0.137. The van der Waals surface area contributed by atoms with Gasteiger partial charge in [0.05, 0.1) is 16.3 Å². The van der Waals surface area contributed by atoms with Crippen molar-refractivity contribution in [3.8, 4) is 0 Å². The van der Waals surface area contributed by atoms with E-state index < -0.39 is 11.7 Å². The summed E-state index contributed by atoms with van der Waals surface area (Å²) in [6.45, 7) is 3.98. The summed E-state index contributed by atoms with van der Waals surface area (Å²) < 4.78 is 38.5. The number of pyridine rings is 1. The molecular formula is C19H16ClF3N2O. The molecule has 0 aliphatic carbocycles. The molecule has 2 N–H and O–H groups in total. The Bertz CT molecular complexity index is 1040. The number of H-pyrrole nitrogens is 1. The van der Waals surface area contributed by atoms with Gasteiger partial charge < -0.3 is 10.3 Å². The molecule has 0 spiro atoms. The van der Waals surface area contributed by atoms with Crippen LogP contribution in [0, 0.1) is 13.8 Å². The molecule has 0 amide bonds. The first-order chi connectivity index (χ1) is 12.1. The molecule has 3 rings (SSSR count). The number of aromatic nitrogens is 1. The minimum Gasteiger partial charge on any atom is -0.380 e. The number of hydrogen-bond donors (Lipinski definition) is 2. The van der Waals surface area contributed by atoms with Crippen LogP contribution in [0.15, 0.2) is 41.2 Å². The van der Waals surface area contributed by atoms with E-state index in [1.807, 2.05) is 26.0 Å². The molecule has 136 valence electrons. The van der Waals surface area contributed by atoms with E-state index in [-0.39, 0.29) is 22.8 Å². The molecule has 3 nitrogen and oxygen atoms in total. The number of anilines is 1. The fraction of sp³-hybridized carbons (Fsp3) is 0.211. The smallest absolute Gasteiger partial charge is 0.380 e. The van der Waals surface area contributed by atoms with Crippen molar-refractivity contribution < 1.29 is 13.2 Å². The monoisotopic (exact) mass is 380 g/mol. The van der Waals surface area contributed by atoms with Crippen molar-refractivity contribution in [2.45, 2.75) is 26.6 Å². The van der Waals surface area contributed by atoms with Crippen molar-refractivity contribution in [1.82, 2.24) is 4.98 Å². The number of hydrogen-bond acceptors (Lipinski definition) is 2. The summed E-state index contributed by atoms with van der Waals surface area (Å²) in [5.74, 6) is 0. The van der Waals surface area contributed by atoms with Crippen LogP contribution < -0.4 is 10.9 Å². The van der Waals surface area contributed by atoms with Gasteiger partial charge in [0.25, 0.3) is 5.56 Å². The Morgan fingerprint density at radius 2 is 1.77 bits per heavy atom. The molecule has 26 heavy (non-hydrogen) atoms. The van der Waals surface area contributed by atoms with Crippen LogP contribution in [-0.4, -0.2) is 4.98 Å². The van der Waals surface area contributed by atoms with Gasteiger partial charge in [0.1, 0.15) is 0 Å². The fourth-order valence-electron chi connectivity index (χ4n) is 2.68. The molecule has 1 heterocycles. The number of rotatable bonds is 3. The number of nitrogens with one attached hydrogen (secondary N) is 2. The first kappa shape index (κ1) is 18.3. The standard InChI is InChI=1S/C19H16ClF3N2O/c1-10-5-12-7-13(18(26)25-16(12)6-11(10)2)9-24-17-8-14(19(21,22)23)3-4-15(17)20/h3-8,24H,9H2,1-2H3,(H,25,26). The van der Waals surface area contributed by atoms with Crippen LogP contribution in [0.4, 0.5) is 18.9 Å². The highest BCUT2D eigenvalue weighted by atomic mass is 35.5. The minimum atomic E-state index is -4.46. The average Bonchev–Trinajstić information content (AvgIpc) is 2.55. The molecule has 0 saturated carbocycles. The van der Waals surface area contributed by atoms with Crippen molar-refractivity contribution in [3.63, 3.8) is 0 Å². The Morgan fingerprint density at radius 1 is 1.08 bits per heavy atom. The van der Waals surface area contributed by atoms with Gasteiger partial charge in [-0.05, 0) is 66.8 Å². The van der Waals surface area contributed by atoms with Crippen LogP contribution in [-0.2, 0) is 12.7 Å². The Balaban J connectivity index is 1.92. The van der Waals surface area contributed by atoms with Crippen LogP contribution in [0.1, 0.15) is 22.3 Å². The van der Waals surface area contributed by atoms with Crippen LogP contribution in [0.3, 0.4) is 0 Å². The third kappa shape index (κ3) is 3.70. The molecule has 3 aromatic rings. The van der Waals surface area contributed by atoms with Gasteiger partial charge >= 0.3 is 6.18 Å². The van der Waals surface area contributed by atoms with Crippen molar-refractivity contribution >= 4 is 28.2 Å². The van der Waals surface area contributed by atoms with Gasteiger partial charge in [0, 0.05) is 17.6 Å². The number of fused-ring (bicyclic) bond motifs is 1. The molecule has 0 atom stereocenters. The fourth-order valence-corrected chi connectivity index (χ4v) is 2.87. The Labute approximate surface area is 152 Å². The van der Waals surface area contributed by atoms with Crippen LogP contribution in [0.25, 0.3) is 10.9 Å². The summed E-state index contributed by atoms with van der Waals surface area (Å²) in [4.78, 5) is 15.1. The second-order valence-electron chi connectivity index (χ2n) is 6.19. The second-order valence-corrected chi connectivity index (χ2v) is 6.60. The van der Waals surface area contributed by atoms with Gasteiger partial charge in [-0.2, -0.15) is 13.2 Å². The first-order valence-corrected chi connectivity index (χ1v) is 8.27. The molecule has 0 radical (unpaired) electrons. The third-order valence-corrected chi connectivity index (χ3v) is 4.63. The topological polar surface area (TPSA) is 44.9 Å². The molecule has 0 saturated heterocycles. The van der Waals surface area contributed by atoms with E-state index in [0.29, 0.717) is 5.56 Å². The molecule has 0 bridgehead atoms. The number of aromatic amines is 1. The largest absolute Gasteiger partial charge is 0.416 e. The minimum absolute atomic E-state index is 0.0548. The lowest BCUT2D eigenvalue weighted by Crippen LogP contribution is -2.16. The number of alkyl halides is 3. The van der Waals surface area contributed by atoms with Crippen LogP contribution in [0.5, 0.6) is 0 Å². The summed E-state index contributed by atoms with van der Waals surface area (Å²) in [5.41, 5.74) is 2.31. The van der Waals surface area contributed by atoms with Gasteiger partial charge in [-0.25, -0.2) is 0 Å². The van der Waals surface area contributed by atoms with Crippen LogP contribution >= 0.6 is 11.6 Å². The van der Waals surface area contributed by atoms with Gasteiger partial charge in [0.15, 0.2) is 0 Å². The van der Waals surface area contributed by atoms with Gasteiger partial charge in [-0.1, -0.05) is 11.6 Å². The number of benzene rings is 2. The Morgan fingerprint density at radius 3 is 2.46 bits per heavy atom. The lowest BCUT2D eigenvalue weighted by Gasteiger charge is -2.13. The quantitative estimate of drug-likeness (QED) is 0.636. The zero-order valence-electron chi connectivity index (χ0n) is 14.1. The normalized spacial score (nSPS) is 11.8. The summed E-state index contributed by atoms with van der Waals surface area (Å²) in [6, 6.07) is 8.62. The summed E-state index contributed by atoms with van der Waals surface area (Å²) in [7, 11) is 0. The van der Waals surface area contributed by atoms with E-state index in [4.69, 9.17) is 11.6 Å². The van der Waals surface area contributed by atoms with E-state index in [1.54, 1.807) is 6.07 Å². The van der Waals surface area contributed by atoms with Crippen LogP contribution in [0.2, 0.25) is 5.02 Å². The van der Waals surface area contributed by atoms with Crippen molar-refractivity contribution in [2.75, 3.05) is 5.32 Å². The highest BCUT2D eigenvalue weighted by Crippen LogP contribution is 2.34. The average molecular weight is 381 g/mol. The highest BCUT2D eigenvalue weighted by Gasteiger charge is 2.30. The molecule has 7 heteroatoms. The van der Waals surface area contributed by atoms with E-state index in [9.17, 15) is 18.0 Å². The Hall–Kier alpha value is -2.47. The molecule has 1 aromatic heterocycles. The predicted molar refractivity (Wildman–Crippen MR) is 97.8 cm³/mol. The highest BCUT2D eigenvalue weighted by molar-refractivity contribution is 6.33. The van der Waals surface area contributed by atoms with Gasteiger partial charge in [-0.15, -0.1) is 0 Å². The maximum atomic E-state index is 12.8. The molecular weight excluding hydrogens is 365 g/mol. The Kier molecular flexibility index (Phi) is 4.71. The van der Waals surface area contributed by atoms with Gasteiger partial charge in [0.2, 0.25) is 0 Å². The molecule has 0 aliphatic heterocycles. The van der Waals surface area contributed by atoms with Gasteiger partial charge in [-0.3, -0.25) is 4.79 Å². The summed E-state index contributed by atoms with van der Waals surface area (Å²) >= 11 is 5.97. The van der Waals surface area contributed by atoms with E-state index in [0.717, 1.165) is 34.2 Å². The number of halogens is 4. The second kappa shape index (κ2) is 6.68. The summed E-state index contributed by atoms with van der Waals surface area (Å²) in [5, 5.41) is 3.84. The molecule has 0 aliphatic rings.